The highest BCUT2D eigenvalue weighted by Crippen LogP contribution is 2.47. The van der Waals surface area contributed by atoms with Gasteiger partial charge in [-0.2, -0.15) is 13.2 Å². The zero-order valence-electron chi connectivity index (χ0n) is 12.6. The minimum Gasteiger partial charge on any atom is -0.170 e. The summed E-state index contributed by atoms with van der Waals surface area (Å²) in [6.45, 7) is 15.5. The lowest BCUT2D eigenvalue weighted by molar-refractivity contribution is -0.149. The normalized spacial score (nSPS) is 19.3. The summed E-state index contributed by atoms with van der Waals surface area (Å²) in [6.07, 6.45) is -1.61. The molecular weight excluding hydrogens is 249 g/mol. The number of alkyl halides is 3. The molecule has 0 unspecified atom stereocenters. The quantitative estimate of drug-likeness (QED) is 0.532. The third-order valence-electron chi connectivity index (χ3n) is 3.34. The minimum absolute atomic E-state index is 0.342. The third kappa shape index (κ3) is 3.52. The molecule has 0 saturated carbocycles. The molecule has 0 heterocycles. The lowest BCUT2D eigenvalue weighted by Crippen LogP contribution is -2.28. The number of halogens is 3. The summed E-state index contributed by atoms with van der Waals surface area (Å²) < 4.78 is 39.2. The van der Waals surface area contributed by atoms with Gasteiger partial charge < -0.3 is 0 Å². The topological polar surface area (TPSA) is 0 Å². The molecule has 1 aliphatic carbocycles. The van der Waals surface area contributed by atoms with Crippen LogP contribution in [0, 0.1) is 16.7 Å². The summed E-state index contributed by atoms with van der Waals surface area (Å²) in [7, 11) is 0. The zero-order chi connectivity index (χ0) is 15.2. The fourth-order valence-corrected chi connectivity index (χ4v) is 2.35. The van der Waals surface area contributed by atoms with E-state index in [1.165, 1.54) is 12.2 Å². The van der Waals surface area contributed by atoms with Gasteiger partial charge in [0.1, 0.15) is 0 Å². The first-order valence-corrected chi connectivity index (χ1v) is 6.45. The zero-order valence-corrected chi connectivity index (χ0v) is 12.6. The van der Waals surface area contributed by atoms with Gasteiger partial charge in [0.05, 0.1) is 5.92 Å². The van der Waals surface area contributed by atoms with E-state index >= 15 is 0 Å². The van der Waals surface area contributed by atoms with Gasteiger partial charge in [0.25, 0.3) is 0 Å². The van der Waals surface area contributed by atoms with E-state index in [2.05, 4.69) is 6.58 Å². The predicted molar refractivity (Wildman–Crippen MR) is 73.8 cm³/mol. The molecule has 0 spiro atoms. The van der Waals surface area contributed by atoms with Gasteiger partial charge in [-0.25, -0.2) is 0 Å². The summed E-state index contributed by atoms with van der Waals surface area (Å²) in [4.78, 5) is 0. The van der Waals surface area contributed by atoms with Crippen molar-refractivity contribution in [1.29, 1.82) is 0 Å². The molecule has 0 fully saturated rings. The van der Waals surface area contributed by atoms with Crippen molar-refractivity contribution in [3.05, 3.63) is 35.5 Å². The smallest absolute Gasteiger partial charge is 0.170 e. The van der Waals surface area contributed by atoms with Crippen molar-refractivity contribution in [2.45, 2.75) is 47.7 Å². The van der Waals surface area contributed by atoms with Gasteiger partial charge in [0.2, 0.25) is 0 Å². The second kappa shape index (κ2) is 4.53. The SMILES string of the molecule is C=C1C(C(C)(C)C)=CC(C(F)(F)F)C=C1C(C)(C)C. The Morgan fingerprint density at radius 3 is 1.37 bits per heavy atom. The van der Waals surface area contributed by atoms with Crippen LogP contribution in [0.1, 0.15) is 41.5 Å². The molecule has 0 aromatic heterocycles. The third-order valence-corrected chi connectivity index (χ3v) is 3.34. The van der Waals surface area contributed by atoms with Crippen molar-refractivity contribution in [2.24, 2.45) is 16.7 Å². The molecule has 0 N–H and O–H groups in total. The molecule has 0 aromatic carbocycles. The first kappa shape index (κ1) is 16.1. The molecule has 19 heavy (non-hydrogen) atoms. The van der Waals surface area contributed by atoms with Crippen LogP contribution >= 0.6 is 0 Å². The molecule has 3 heteroatoms. The standard InChI is InChI=1S/C16H23F3/c1-10-12(14(2,3)4)8-11(16(17,18)19)9-13(10)15(5,6)7/h8-9,11H,1H2,2-7H3. The maximum Gasteiger partial charge on any atom is 0.398 e. The van der Waals surface area contributed by atoms with Crippen molar-refractivity contribution in [3.8, 4) is 0 Å². The average Bonchev–Trinajstić information content (AvgIpc) is 2.11. The van der Waals surface area contributed by atoms with Gasteiger partial charge in [0, 0.05) is 0 Å². The molecule has 0 aliphatic heterocycles. The number of hydrogen-bond donors (Lipinski definition) is 0. The van der Waals surface area contributed by atoms with Crippen molar-refractivity contribution in [2.75, 3.05) is 0 Å². The molecule has 0 saturated heterocycles. The fraction of sp³-hybridized carbons (Fsp3) is 0.625. The van der Waals surface area contributed by atoms with E-state index in [1.54, 1.807) is 0 Å². The highest BCUT2D eigenvalue weighted by molar-refractivity contribution is 5.53. The number of allylic oxidation sites excluding steroid dienone is 5. The lowest BCUT2D eigenvalue weighted by Gasteiger charge is -2.36. The Balaban J connectivity index is 3.39. The van der Waals surface area contributed by atoms with Crippen LogP contribution in [-0.2, 0) is 0 Å². The molecule has 1 rings (SSSR count). The molecule has 0 radical (unpaired) electrons. The lowest BCUT2D eigenvalue weighted by atomic mass is 9.69. The number of hydrogen-bond acceptors (Lipinski definition) is 0. The van der Waals surface area contributed by atoms with E-state index in [0.29, 0.717) is 11.1 Å². The second-order valence-electron chi connectivity index (χ2n) is 7.21. The molecular formula is C16H23F3. The minimum atomic E-state index is -4.24. The van der Waals surface area contributed by atoms with E-state index < -0.39 is 12.1 Å². The Kier molecular flexibility index (Phi) is 3.83. The van der Waals surface area contributed by atoms with Crippen molar-refractivity contribution in [3.63, 3.8) is 0 Å². The van der Waals surface area contributed by atoms with Crippen LogP contribution < -0.4 is 0 Å². The predicted octanol–water partition coefficient (Wildman–Crippen LogP) is 5.68. The van der Waals surface area contributed by atoms with Gasteiger partial charge in [-0.1, -0.05) is 60.3 Å². The maximum absolute atomic E-state index is 13.1. The van der Waals surface area contributed by atoms with E-state index in [-0.39, 0.29) is 10.8 Å². The molecule has 0 aromatic rings. The van der Waals surface area contributed by atoms with Gasteiger partial charge in [-0.15, -0.1) is 0 Å². The van der Waals surface area contributed by atoms with E-state index in [0.717, 1.165) is 5.57 Å². The molecule has 0 bridgehead atoms. The van der Waals surface area contributed by atoms with Crippen LogP contribution in [0.3, 0.4) is 0 Å². The molecule has 0 amide bonds. The van der Waals surface area contributed by atoms with Crippen LogP contribution in [0.15, 0.2) is 35.5 Å². The Morgan fingerprint density at radius 1 is 0.842 bits per heavy atom. The second-order valence-corrected chi connectivity index (χ2v) is 7.21. The molecule has 0 atom stereocenters. The van der Waals surface area contributed by atoms with Crippen LogP contribution in [0.5, 0.6) is 0 Å². The van der Waals surface area contributed by atoms with Gasteiger partial charge in [-0.05, 0) is 27.5 Å². The Morgan fingerprint density at radius 2 is 1.16 bits per heavy atom. The number of rotatable bonds is 0. The molecule has 1 aliphatic rings. The molecule has 108 valence electrons. The fourth-order valence-electron chi connectivity index (χ4n) is 2.35. The Labute approximate surface area is 114 Å². The van der Waals surface area contributed by atoms with E-state index in [9.17, 15) is 13.2 Å². The van der Waals surface area contributed by atoms with Crippen LogP contribution in [-0.4, -0.2) is 6.18 Å². The summed E-state index contributed by atoms with van der Waals surface area (Å²) in [5.41, 5.74) is 1.45. The van der Waals surface area contributed by atoms with Crippen molar-refractivity contribution < 1.29 is 13.2 Å². The van der Waals surface area contributed by atoms with E-state index in [1.807, 2.05) is 41.5 Å². The van der Waals surface area contributed by atoms with Gasteiger partial charge in [-0.3, -0.25) is 0 Å². The summed E-state index contributed by atoms with van der Waals surface area (Å²) >= 11 is 0. The summed E-state index contributed by atoms with van der Waals surface area (Å²) in [5, 5.41) is 0. The largest absolute Gasteiger partial charge is 0.398 e. The first-order chi connectivity index (χ1) is 8.24. The van der Waals surface area contributed by atoms with Crippen LogP contribution in [0.4, 0.5) is 13.2 Å². The highest BCUT2D eigenvalue weighted by Gasteiger charge is 2.42. The van der Waals surface area contributed by atoms with Crippen molar-refractivity contribution in [1.82, 2.24) is 0 Å². The monoisotopic (exact) mass is 272 g/mol. The van der Waals surface area contributed by atoms with Crippen molar-refractivity contribution >= 4 is 0 Å². The molecule has 0 nitrogen and oxygen atoms in total. The Bertz CT molecular complexity index is 400. The van der Waals surface area contributed by atoms with Gasteiger partial charge in [0.15, 0.2) is 0 Å². The first-order valence-electron chi connectivity index (χ1n) is 6.45. The average molecular weight is 272 g/mol. The van der Waals surface area contributed by atoms with E-state index in [4.69, 9.17) is 0 Å². The summed E-state index contributed by atoms with van der Waals surface area (Å²) in [6, 6.07) is 0. The Hall–Kier alpha value is -0.990. The van der Waals surface area contributed by atoms with Crippen LogP contribution in [0.2, 0.25) is 0 Å². The van der Waals surface area contributed by atoms with Crippen LogP contribution in [0.25, 0.3) is 0 Å². The maximum atomic E-state index is 13.1. The highest BCUT2D eigenvalue weighted by atomic mass is 19.4. The van der Waals surface area contributed by atoms with Gasteiger partial charge >= 0.3 is 6.18 Å². The summed E-state index contributed by atoms with van der Waals surface area (Å²) in [5.74, 6) is -1.51.